The van der Waals surface area contributed by atoms with Gasteiger partial charge in [-0.05, 0) is 27.6 Å². The lowest BCUT2D eigenvalue weighted by atomic mass is 10.2. The highest BCUT2D eigenvalue weighted by Gasteiger charge is 2.13. The second-order valence-electron chi connectivity index (χ2n) is 3.76. The van der Waals surface area contributed by atoms with Crippen LogP contribution in [-0.4, -0.2) is 36.4 Å². The van der Waals surface area contributed by atoms with E-state index in [0.29, 0.717) is 17.6 Å². The van der Waals surface area contributed by atoms with Crippen LogP contribution in [0.4, 0.5) is 5.69 Å². The molecule has 1 aromatic carbocycles. The van der Waals surface area contributed by atoms with E-state index in [-0.39, 0.29) is 18.3 Å². The molecule has 0 amide bonds. The van der Waals surface area contributed by atoms with Crippen molar-refractivity contribution >= 4 is 21.6 Å². The Labute approximate surface area is 113 Å². The Balaban J connectivity index is 2.67. The van der Waals surface area contributed by atoms with E-state index in [9.17, 15) is 10.1 Å². The number of rotatable bonds is 7. The fourth-order valence-electron chi connectivity index (χ4n) is 1.45. The van der Waals surface area contributed by atoms with Gasteiger partial charge in [0.2, 0.25) is 0 Å². The molecular formula is C11H15BrN2O4. The maximum Gasteiger partial charge on any atom is 0.283 e. The van der Waals surface area contributed by atoms with Crippen LogP contribution in [0.3, 0.4) is 0 Å². The van der Waals surface area contributed by atoms with Gasteiger partial charge in [0.25, 0.3) is 5.69 Å². The van der Waals surface area contributed by atoms with Crippen LogP contribution in [0.15, 0.2) is 22.7 Å². The zero-order chi connectivity index (χ0) is 13.5. The van der Waals surface area contributed by atoms with E-state index in [0.717, 1.165) is 5.56 Å². The number of nitrogens with one attached hydrogen (secondary N) is 1. The Bertz CT molecular complexity index is 414. The molecule has 1 unspecified atom stereocenters. The molecule has 1 atom stereocenters. The summed E-state index contributed by atoms with van der Waals surface area (Å²) in [6.45, 7) is 0.768. The van der Waals surface area contributed by atoms with Crippen molar-refractivity contribution in [3.05, 3.63) is 38.3 Å². The number of hydrogen-bond donors (Lipinski definition) is 2. The van der Waals surface area contributed by atoms with Gasteiger partial charge in [-0.15, -0.1) is 0 Å². The summed E-state index contributed by atoms with van der Waals surface area (Å²) in [5, 5.41) is 22.9. The van der Waals surface area contributed by atoms with Crippen LogP contribution in [0.1, 0.15) is 5.56 Å². The van der Waals surface area contributed by atoms with Crippen molar-refractivity contribution in [2.75, 3.05) is 20.3 Å². The Morgan fingerprint density at radius 1 is 1.61 bits per heavy atom. The normalized spacial score (nSPS) is 12.4. The van der Waals surface area contributed by atoms with E-state index in [1.165, 1.54) is 6.07 Å². The molecule has 0 saturated carbocycles. The van der Waals surface area contributed by atoms with Gasteiger partial charge in [0.15, 0.2) is 0 Å². The topological polar surface area (TPSA) is 84.6 Å². The summed E-state index contributed by atoms with van der Waals surface area (Å²) < 4.78 is 5.38. The van der Waals surface area contributed by atoms with Gasteiger partial charge in [-0.2, -0.15) is 0 Å². The predicted octanol–water partition coefficient (Wildman–Crippen LogP) is 1.45. The fourth-order valence-corrected chi connectivity index (χ4v) is 1.84. The van der Waals surface area contributed by atoms with Crippen LogP contribution in [0.25, 0.3) is 0 Å². The zero-order valence-electron chi connectivity index (χ0n) is 9.93. The fraction of sp³-hybridized carbons (Fsp3) is 0.455. The molecule has 0 fully saturated rings. The van der Waals surface area contributed by atoms with Crippen molar-refractivity contribution in [3.63, 3.8) is 0 Å². The average Bonchev–Trinajstić information content (AvgIpc) is 2.35. The van der Waals surface area contributed by atoms with Crippen molar-refractivity contribution in [1.82, 2.24) is 5.32 Å². The maximum absolute atomic E-state index is 10.8. The van der Waals surface area contributed by atoms with Crippen LogP contribution in [0.2, 0.25) is 0 Å². The molecule has 0 radical (unpaired) electrons. The third-order valence-corrected chi connectivity index (χ3v) is 3.06. The van der Waals surface area contributed by atoms with Gasteiger partial charge in [-0.3, -0.25) is 10.1 Å². The van der Waals surface area contributed by atoms with Crippen LogP contribution in [-0.2, 0) is 11.3 Å². The summed E-state index contributed by atoms with van der Waals surface area (Å²) in [5.74, 6) is 0. The molecule has 6 nitrogen and oxygen atoms in total. The molecule has 1 aromatic rings. The first-order chi connectivity index (χ1) is 8.58. The molecule has 0 spiro atoms. The molecule has 1 rings (SSSR count). The Kier molecular flexibility index (Phi) is 6.20. The minimum Gasteiger partial charge on any atom is -0.395 e. The lowest BCUT2D eigenvalue weighted by molar-refractivity contribution is -0.385. The van der Waals surface area contributed by atoms with E-state index in [2.05, 4.69) is 21.2 Å². The van der Waals surface area contributed by atoms with Crippen molar-refractivity contribution in [2.24, 2.45) is 0 Å². The summed E-state index contributed by atoms with van der Waals surface area (Å²) in [4.78, 5) is 10.3. The van der Waals surface area contributed by atoms with Gasteiger partial charge in [0, 0.05) is 19.7 Å². The maximum atomic E-state index is 10.8. The second kappa shape index (κ2) is 7.42. The molecule has 0 aliphatic carbocycles. The number of hydrogen-bond acceptors (Lipinski definition) is 5. The molecule has 0 aliphatic heterocycles. The van der Waals surface area contributed by atoms with Crippen molar-refractivity contribution in [3.8, 4) is 0 Å². The highest BCUT2D eigenvalue weighted by Crippen LogP contribution is 2.25. The SMILES string of the molecule is COCC(CO)NCc1ccc(Br)c([N+](=O)[O-])c1. The largest absolute Gasteiger partial charge is 0.395 e. The monoisotopic (exact) mass is 318 g/mol. The third-order valence-electron chi connectivity index (χ3n) is 2.39. The van der Waals surface area contributed by atoms with Crippen LogP contribution in [0, 0.1) is 10.1 Å². The summed E-state index contributed by atoms with van der Waals surface area (Å²) in [6.07, 6.45) is 0. The number of nitro groups is 1. The summed E-state index contributed by atoms with van der Waals surface area (Å²) in [7, 11) is 1.55. The molecule has 0 aromatic heterocycles. The minimum absolute atomic E-state index is 0.0292. The summed E-state index contributed by atoms with van der Waals surface area (Å²) >= 11 is 3.13. The quantitative estimate of drug-likeness (QED) is 0.587. The van der Waals surface area contributed by atoms with E-state index in [1.807, 2.05) is 0 Å². The molecule has 0 aliphatic rings. The lowest BCUT2D eigenvalue weighted by Gasteiger charge is -2.15. The first-order valence-electron chi connectivity index (χ1n) is 5.34. The Morgan fingerprint density at radius 3 is 2.89 bits per heavy atom. The number of halogens is 1. The smallest absolute Gasteiger partial charge is 0.283 e. The zero-order valence-corrected chi connectivity index (χ0v) is 11.5. The number of ether oxygens (including phenoxy) is 1. The van der Waals surface area contributed by atoms with Gasteiger partial charge in [0.1, 0.15) is 0 Å². The molecule has 0 saturated heterocycles. The average molecular weight is 319 g/mol. The molecule has 18 heavy (non-hydrogen) atoms. The second-order valence-corrected chi connectivity index (χ2v) is 4.61. The van der Waals surface area contributed by atoms with Crippen molar-refractivity contribution < 1.29 is 14.8 Å². The number of methoxy groups -OCH3 is 1. The molecule has 2 N–H and O–H groups in total. The van der Waals surface area contributed by atoms with E-state index < -0.39 is 4.92 Å². The number of aliphatic hydroxyl groups excluding tert-OH is 1. The molecule has 0 bridgehead atoms. The molecule has 7 heteroatoms. The standard InChI is InChI=1S/C11H15BrN2O4/c1-18-7-9(6-15)13-5-8-2-3-10(12)11(4-8)14(16)17/h2-4,9,13,15H,5-7H2,1H3. The van der Waals surface area contributed by atoms with Crippen molar-refractivity contribution in [1.29, 1.82) is 0 Å². The number of nitrogens with zero attached hydrogens (tertiary/aromatic N) is 1. The van der Waals surface area contributed by atoms with Gasteiger partial charge in [-0.25, -0.2) is 0 Å². The highest BCUT2D eigenvalue weighted by atomic mass is 79.9. The number of benzene rings is 1. The third kappa shape index (κ3) is 4.34. The summed E-state index contributed by atoms with van der Waals surface area (Å²) in [5.41, 5.74) is 0.807. The van der Waals surface area contributed by atoms with E-state index in [4.69, 9.17) is 9.84 Å². The molecule has 0 heterocycles. The van der Waals surface area contributed by atoms with Gasteiger partial charge >= 0.3 is 0 Å². The van der Waals surface area contributed by atoms with E-state index >= 15 is 0 Å². The van der Waals surface area contributed by atoms with Crippen LogP contribution >= 0.6 is 15.9 Å². The predicted molar refractivity (Wildman–Crippen MR) is 70.4 cm³/mol. The number of aliphatic hydroxyl groups is 1. The van der Waals surface area contributed by atoms with Gasteiger partial charge in [0.05, 0.1) is 28.7 Å². The van der Waals surface area contributed by atoms with Crippen LogP contribution < -0.4 is 5.32 Å². The Hall–Kier alpha value is -1.02. The van der Waals surface area contributed by atoms with Crippen molar-refractivity contribution in [2.45, 2.75) is 12.6 Å². The first kappa shape index (κ1) is 15.0. The highest BCUT2D eigenvalue weighted by molar-refractivity contribution is 9.10. The number of nitro benzene ring substituents is 1. The Morgan fingerprint density at radius 2 is 2.33 bits per heavy atom. The van der Waals surface area contributed by atoms with Crippen LogP contribution in [0.5, 0.6) is 0 Å². The molecular weight excluding hydrogens is 304 g/mol. The minimum atomic E-state index is -0.438. The molecule has 100 valence electrons. The summed E-state index contributed by atoms with van der Waals surface area (Å²) in [6, 6.07) is 4.74. The van der Waals surface area contributed by atoms with Gasteiger partial charge < -0.3 is 15.2 Å². The van der Waals surface area contributed by atoms with E-state index in [1.54, 1.807) is 19.2 Å². The first-order valence-corrected chi connectivity index (χ1v) is 6.13. The lowest BCUT2D eigenvalue weighted by Crippen LogP contribution is -2.35. The van der Waals surface area contributed by atoms with Gasteiger partial charge in [-0.1, -0.05) is 6.07 Å².